The quantitative estimate of drug-likeness (QED) is 0.806. The maximum atomic E-state index is 12.3. The molecule has 1 unspecified atom stereocenters. The van der Waals surface area contributed by atoms with Gasteiger partial charge in [0.2, 0.25) is 0 Å². The van der Waals surface area contributed by atoms with Crippen LogP contribution in [0.5, 0.6) is 0 Å². The molecule has 1 aliphatic heterocycles. The Balaban J connectivity index is 1.67. The van der Waals surface area contributed by atoms with E-state index in [1.54, 1.807) is 25.4 Å². The van der Waals surface area contributed by atoms with Gasteiger partial charge in [-0.25, -0.2) is 18.4 Å². The largest absolute Gasteiger partial charge is 0.366 e. The van der Waals surface area contributed by atoms with Crippen LogP contribution in [0.15, 0.2) is 30.6 Å². The van der Waals surface area contributed by atoms with Crippen LogP contribution in [0.2, 0.25) is 0 Å². The van der Waals surface area contributed by atoms with Crippen molar-refractivity contribution >= 4 is 21.6 Å². The number of rotatable bonds is 5. The Morgan fingerprint density at radius 3 is 2.88 bits per heavy atom. The van der Waals surface area contributed by atoms with E-state index in [0.717, 1.165) is 5.56 Å². The molecule has 1 atom stereocenters. The average Bonchev–Trinajstić information content (AvgIpc) is 2.91. The van der Waals surface area contributed by atoms with E-state index in [1.165, 1.54) is 6.07 Å². The molecule has 25 heavy (non-hydrogen) atoms. The molecule has 1 amide bonds. The smallest absolute Gasteiger partial charge is 0.270 e. The van der Waals surface area contributed by atoms with Crippen molar-refractivity contribution in [2.45, 2.75) is 25.9 Å². The second-order valence-electron chi connectivity index (χ2n) is 5.97. The van der Waals surface area contributed by atoms with Crippen molar-refractivity contribution in [2.75, 3.05) is 16.8 Å². The van der Waals surface area contributed by atoms with E-state index in [4.69, 9.17) is 0 Å². The number of hydrogen-bond donors (Lipinski definition) is 2. The second-order valence-corrected chi connectivity index (χ2v) is 8.20. The molecule has 0 aliphatic carbocycles. The lowest BCUT2D eigenvalue weighted by Crippen LogP contribution is -2.26. The Bertz CT molecular complexity index is 871. The zero-order valence-corrected chi connectivity index (χ0v) is 14.6. The molecule has 2 N–H and O–H groups in total. The molecule has 132 valence electrons. The number of nitrogens with zero attached hydrogens (tertiary/aromatic N) is 3. The number of carbonyl (C=O) groups excluding carboxylic acids is 1. The van der Waals surface area contributed by atoms with Crippen LogP contribution in [0.1, 0.15) is 28.3 Å². The zero-order valence-electron chi connectivity index (χ0n) is 13.8. The first-order valence-corrected chi connectivity index (χ1v) is 9.73. The fourth-order valence-electron chi connectivity index (χ4n) is 2.65. The van der Waals surface area contributed by atoms with Crippen molar-refractivity contribution in [3.8, 4) is 0 Å². The summed E-state index contributed by atoms with van der Waals surface area (Å²) < 4.78 is 23.1. The molecule has 0 saturated carbocycles. The summed E-state index contributed by atoms with van der Waals surface area (Å²) in [6.07, 6.45) is 3.88. The van der Waals surface area contributed by atoms with Gasteiger partial charge < -0.3 is 10.6 Å². The van der Waals surface area contributed by atoms with Gasteiger partial charge >= 0.3 is 0 Å². The first-order valence-electron chi connectivity index (χ1n) is 7.91. The minimum Gasteiger partial charge on any atom is -0.366 e. The molecular weight excluding hydrogens is 342 g/mol. The van der Waals surface area contributed by atoms with Crippen molar-refractivity contribution in [2.24, 2.45) is 0 Å². The normalized spacial score (nSPS) is 18.7. The van der Waals surface area contributed by atoms with Crippen molar-refractivity contribution in [3.05, 3.63) is 47.7 Å². The summed E-state index contributed by atoms with van der Waals surface area (Å²) in [6, 6.07) is 5.02. The first-order chi connectivity index (χ1) is 11.9. The number of pyridine rings is 1. The third kappa shape index (κ3) is 4.72. The van der Waals surface area contributed by atoms with Crippen LogP contribution in [0.4, 0.5) is 5.82 Å². The minimum absolute atomic E-state index is 0.0819. The summed E-state index contributed by atoms with van der Waals surface area (Å²) in [7, 11) is -2.98. The van der Waals surface area contributed by atoms with Gasteiger partial charge in [-0.05, 0) is 25.0 Å². The van der Waals surface area contributed by atoms with Gasteiger partial charge in [0.05, 0.1) is 11.5 Å². The van der Waals surface area contributed by atoms with Crippen LogP contribution in [-0.2, 0) is 16.4 Å². The van der Waals surface area contributed by atoms with Crippen molar-refractivity contribution in [1.29, 1.82) is 0 Å². The lowest BCUT2D eigenvalue weighted by Gasteiger charge is -2.13. The summed E-state index contributed by atoms with van der Waals surface area (Å²) in [6.45, 7) is 2.04. The number of carbonyl (C=O) groups is 1. The molecule has 8 nitrogen and oxygen atoms in total. The van der Waals surface area contributed by atoms with Gasteiger partial charge in [0.25, 0.3) is 5.91 Å². The molecule has 3 rings (SSSR count). The lowest BCUT2D eigenvalue weighted by atomic mass is 10.2. The molecule has 1 fully saturated rings. The summed E-state index contributed by atoms with van der Waals surface area (Å²) in [5.74, 6) is 0.834. The van der Waals surface area contributed by atoms with Crippen molar-refractivity contribution < 1.29 is 13.2 Å². The monoisotopic (exact) mass is 361 g/mol. The van der Waals surface area contributed by atoms with Crippen molar-refractivity contribution in [1.82, 2.24) is 20.3 Å². The van der Waals surface area contributed by atoms with Gasteiger partial charge in [0.1, 0.15) is 17.3 Å². The van der Waals surface area contributed by atoms with Crippen molar-refractivity contribution in [3.63, 3.8) is 0 Å². The van der Waals surface area contributed by atoms with E-state index in [2.05, 4.69) is 25.6 Å². The summed E-state index contributed by atoms with van der Waals surface area (Å²) in [4.78, 5) is 24.7. The molecule has 1 saturated heterocycles. The molecule has 0 bridgehead atoms. The third-order valence-electron chi connectivity index (χ3n) is 3.83. The van der Waals surface area contributed by atoms with Gasteiger partial charge in [0, 0.05) is 31.0 Å². The SMILES string of the molecule is Cc1nc(NC2CCS(=O)(=O)C2)cc(C(=O)NCc2cccnc2)n1. The van der Waals surface area contributed by atoms with Crippen LogP contribution >= 0.6 is 0 Å². The van der Waals surface area contributed by atoms with E-state index in [0.29, 0.717) is 24.6 Å². The Hall–Kier alpha value is -2.55. The maximum absolute atomic E-state index is 12.3. The lowest BCUT2D eigenvalue weighted by molar-refractivity contribution is 0.0945. The highest BCUT2D eigenvalue weighted by Gasteiger charge is 2.28. The van der Waals surface area contributed by atoms with E-state index in [-0.39, 0.29) is 29.1 Å². The number of amides is 1. The number of nitrogens with one attached hydrogen (secondary N) is 2. The number of aromatic nitrogens is 3. The van der Waals surface area contributed by atoms with E-state index >= 15 is 0 Å². The Morgan fingerprint density at radius 2 is 2.20 bits per heavy atom. The average molecular weight is 361 g/mol. The topological polar surface area (TPSA) is 114 Å². The highest BCUT2D eigenvalue weighted by Crippen LogP contribution is 2.17. The Labute approximate surface area is 146 Å². The van der Waals surface area contributed by atoms with Crippen LogP contribution in [0.25, 0.3) is 0 Å². The second kappa shape index (κ2) is 7.14. The molecular formula is C16H19N5O3S. The highest BCUT2D eigenvalue weighted by molar-refractivity contribution is 7.91. The molecule has 3 heterocycles. The highest BCUT2D eigenvalue weighted by atomic mass is 32.2. The predicted molar refractivity (Wildman–Crippen MR) is 92.9 cm³/mol. The fourth-order valence-corrected chi connectivity index (χ4v) is 4.32. The van der Waals surface area contributed by atoms with Gasteiger partial charge in [0.15, 0.2) is 9.84 Å². The van der Waals surface area contributed by atoms with Crippen LogP contribution < -0.4 is 10.6 Å². The van der Waals surface area contributed by atoms with Crippen LogP contribution in [0.3, 0.4) is 0 Å². The van der Waals surface area contributed by atoms with E-state index in [1.807, 2.05) is 6.07 Å². The minimum atomic E-state index is -2.98. The number of aryl methyl sites for hydroxylation is 1. The van der Waals surface area contributed by atoms with E-state index in [9.17, 15) is 13.2 Å². The Morgan fingerprint density at radius 1 is 1.36 bits per heavy atom. The number of hydrogen-bond acceptors (Lipinski definition) is 7. The number of sulfone groups is 1. The summed E-state index contributed by atoms with van der Waals surface area (Å²) in [5, 5.41) is 5.87. The van der Waals surface area contributed by atoms with Crippen LogP contribution in [0, 0.1) is 6.92 Å². The standard InChI is InChI=1S/C16H19N5O3S/c1-11-19-14(16(22)18-9-12-3-2-5-17-8-12)7-15(20-11)21-13-4-6-25(23,24)10-13/h2-3,5,7-8,13H,4,6,9-10H2,1H3,(H,18,22)(H,19,20,21). The van der Waals surface area contributed by atoms with Gasteiger partial charge in [-0.15, -0.1) is 0 Å². The Kier molecular flexibility index (Phi) is 4.93. The summed E-state index contributed by atoms with van der Waals surface area (Å²) >= 11 is 0. The maximum Gasteiger partial charge on any atom is 0.270 e. The zero-order chi connectivity index (χ0) is 17.9. The predicted octanol–water partition coefficient (Wildman–Crippen LogP) is 0.709. The number of anilines is 1. The molecule has 9 heteroatoms. The fraction of sp³-hybridized carbons (Fsp3) is 0.375. The molecule has 0 spiro atoms. The molecule has 0 radical (unpaired) electrons. The van der Waals surface area contributed by atoms with Crippen LogP contribution in [-0.4, -0.2) is 46.8 Å². The van der Waals surface area contributed by atoms with Gasteiger partial charge in [-0.2, -0.15) is 0 Å². The van der Waals surface area contributed by atoms with Gasteiger partial charge in [-0.3, -0.25) is 9.78 Å². The van der Waals surface area contributed by atoms with E-state index < -0.39 is 9.84 Å². The molecule has 2 aromatic rings. The first kappa shape index (κ1) is 17.3. The van der Waals surface area contributed by atoms with Gasteiger partial charge in [-0.1, -0.05) is 6.07 Å². The summed E-state index contributed by atoms with van der Waals surface area (Å²) in [5.41, 5.74) is 1.12. The molecule has 2 aromatic heterocycles. The third-order valence-corrected chi connectivity index (χ3v) is 5.60. The molecule has 1 aliphatic rings. The molecule has 0 aromatic carbocycles.